The molecule has 0 saturated heterocycles. The number of nitrogens with one attached hydrogen (secondary N) is 2. The second-order valence-corrected chi connectivity index (χ2v) is 18.7. The summed E-state index contributed by atoms with van der Waals surface area (Å²) in [5, 5.41) is 0. The number of nitrogens with zero attached hydrogens (tertiary/aromatic N) is 6. The van der Waals surface area contributed by atoms with Crippen molar-refractivity contribution in [3.63, 3.8) is 0 Å². The maximum atomic E-state index is 5.59. The molecule has 2 aromatic carbocycles. The molecule has 12 rings (SSSR count). The highest BCUT2D eigenvalue weighted by Crippen LogP contribution is 2.49. The fourth-order valence-electron chi connectivity index (χ4n) is 10.3. The predicted octanol–water partition coefficient (Wildman–Crippen LogP) is -1.39. The van der Waals surface area contributed by atoms with Crippen molar-refractivity contribution < 1.29 is 67.9 Å². The van der Waals surface area contributed by atoms with Crippen molar-refractivity contribution >= 4 is 46.4 Å². The number of aromatic amines is 2. The molecule has 2 aliphatic heterocycles. The second-order valence-electron chi connectivity index (χ2n) is 18.7. The minimum Gasteiger partial charge on any atom is -1.00 e. The lowest BCUT2D eigenvalue weighted by Gasteiger charge is -2.21. The van der Waals surface area contributed by atoms with Crippen LogP contribution in [0.15, 0.2) is 159 Å². The number of hydrogen-bond acceptors (Lipinski definition) is 2. The zero-order chi connectivity index (χ0) is 45.6. The van der Waals surface area contributed by atoms with Crippen molar-refractivity contribution in [1.82, 2.24) is 19.9 Å². The molecule has 12 heteroatoms. The summed E-state index contributed by atoms with van der Waals surface area (Å²) in [5.41, 5.74) is 23.2. The Kier molecular flexibility index (Phi) is 13.8. The van der Waals surface area contributed by atoms with Gasteiger partial charge >= 0.3 is 0 Å². The second kappa shape index (κ2) is 19.5. The fraction of sp³-hybridized carbons (Fsp3) is 0.119. The van der Waals surface area contributed by atoms with Crippen molar-refractivity contribution in [2.75, 3.05) is 0 Å². The van der Waals surface area contributed by atoms with Crippen LogP contribution in [0.2, 0.25) is 0 Å². The number of hydrogen-bond donors (Lipinski definition) is 2. The van der Waals surface area contributed by atoms with Crippen molar-refractivity contribution in [3.8, 4) is 66.8 Å². The number of halogens is 4. The Morgan fingerprint density at radius 3 is 1.18 bits per heavy atom. The largest absolute Gasteiger partial charge is 1.00 e. The van der Waals surface area contributed by atoms with Gasteiger partial charge in [0.1, 0.15) is 28.2 Å². The molecule has 0 amide bonds. The van der Waals surface area contributed by atoms with Gasteiger partial charge in [-0.05, 0) is 105 Å². The Bertz CT molecular complexity index is 3710. The van der Waals surface area contributed by atoms with Gasteiger partial charge in [-0.3, -0.25) is 0 Å². The summed E-state index contributed by atoms with van der Waals surface area (Å²) in [4.78, 5) is 18.9. The molecular weight excluding hydrogens is 963 g/mol. The van der Waals surface area contributed by atoms with Crippen LogP contribution in [0.25, 0.3) is 113 Å². The van der Waals surface area contributed by atoms with Gasteiger partial charge in [0.15, 0.2) is 49.6 Å². The molecule has 71 heavy (non-hydrogen) atoms. The van der Waals surface area contributed by atoms with Crippen molar-refractivity contribution in [2.24, 2.45) is 28.2 Å². The predicted molar refractivity (Wildman–Crippen MR) is 268 cm³/mol. The Morgan fingerprint density at radius 2 is 0.746 bits per heavy atom. The average molecular weight is 1010 g/mol. The average Bonchev–Trinajstić information content (AvgIpc) is 4.20. The van der Waals surface area contributed by atoms with Gasteiger partial charge < -0.3 is 59.6 Å². The first-order valence-corrected chi connectivity index (χ1v) is 22.8. The van der Waals surface area contributed by atoms with E-state index in [1.165, 1.54) is 27.8 Å². The first-order valence-electron chi connectivity index (χ1n) is 22.8. The lowest BCUT2D eigenvalue weighted by Crippen LogP contribution is -3.00. The molecule has 9 aromatic rings. The molecule has 0 saturated carbocycles. The Balaban J connectivity index is 0.00000169. The van der Waals surface area contributed by atoms with E-state index in [-0.39, 0.29) is 55.0 Å². The van der Waals surface area contributed by atoms with Gasteiger partial charge in [0.2, 0.25) is 0 Å². The van der Waals surface area contributed by atoms with Crippen LogP contribution in [0.4, 0.5) is 0 Å². The minimum absolute atomic E-state index is 0. The molecule has 0 unspecified atom stereocenters. The molecule has 8 nitrogen and oxygen atoms in total. The van der Waals surface area contributed by atoms with E-state index < -0.39 is 0 Å². The highest BCUT2D eigenvalue weighted by atomic mass is 35.5. The molecule has 0 spiro atoms. The van der Waals surface area contributed by atoms with Crippen molar-refractivity contribution in [1.29, 1.82) is 0 Å². The fourth-order valence-corrected chi connectivity index (χ4v) is 10.3. The molecular formula is C59H50Cl4N8. The van der Waals surface area contributed by atoms with E-state index in [1.807, 2.05) is 21.1 Å². The zero-order valence-electron chi connectivity index (χ0n) is 40.0. The normalized spacial score (nSPS) is 12.5. The van der Waals surface area contributed by atoms with Crippen LogP contribution in [-0.2, 0) is 33.6 Å². The lowest BCUT2D eigenvalue weighted by molar-refractivity contribution is -0.671. The Morgan fingerprint density at radius 1 is 0.366 bits per heavy atom. The third-order valence-corrected chi connectivity index (χ3v) is 13.8. The number of aryl methyl sites for hydroxylation is 4. The highest BCUT2D eigenvalue weighted by molar-refractivity contribution is 6.00. The summed E-state index contributed by atoms with van der Waals surface area (Å²) in [6, 6.07) is 39.9. The van der Waals surface area contributed by atoms with Gasteiger partial charge in [0.05, 0.1) is 28.3 Å². The highest BCUT2D eigenvalue weighted by Gasteiger charge is 2.35. The summed E-state index contributed by atoms with van der Waals surface area (Å²) in [6.07, 6.45) is 25.6. The van der Waals surface area contributed by atoms with E-state index in [0.29, 0.717) is 0 Å². The van der Waals surface area contributed by atoms with Crippen LogP contribution >= 0.6 is 0 Å². The third-order valence-electron chi connectivity index (χ3n) is 13.8. The SMILES string of the molecule is C[n+]1ccc(-c2c3nc(c(-c4cc[n+](C)cc4)c4ccc([nH]4)c(-c4cc(-c5ccc6c(c5)C(C)(C)c5ccccc5-6)c[n+](C)c4)c4nc(c(-c5cc[n+](C)cc5)c5ccc2[nH]5)C=C4)C=C3)cc1.[Cl-].[Cl-].[Cl-].[Cl-]. The van der Waals surface area contributed by atoms with E-state index >= 15 is 0 Å². The number of benzene rings is 2. The lowest BCUT2D eigenvalue weighted by atomic mass is 9.81. The molecule has 3 aliphatic rings. The first-order chi connectivity index (χ1) is 32.6. The van der Waals surface area contributed by atoms with E-state index in [9.17, 15) is 0 Å². The van der Waals surface area contributed by atoms with Gasteiger partial charge in [-0.1, -0.05) is 50.2 Å². The molecule has 9 heterocycles. The summed E-state index contributed by atoms with van der Waals surface area (Å²) in [7, 11) is 8.25. The number of rotatable bonds is 5. The molecule has 7 aromatic heterocycles. The van der Waals surface area contributed by atoms with Crippen LogP contribution in [0.3, 0.4) is 0 Å². The van der Waals surface area contributed by atoms with Gasteiger partial charge in [-0.25, -0.2) is 28.2 Å². The summed E-state index contributed by atoms with van der Waals surface area (Å²) < 4.78 is 8.36. The number of aromatic nitrogens is 8. The van der Waals surface area contributed by atoms with E-state index in [4.69, 9.17) is 9.97 Å². The van der Waals surface area contributed by atoms with E-state index in [1.54, 1.807) is 0 Å². The molecule has 0 atom stereocenters. The summed E-state index contributed by atoms with van der Waals surface area (Å²) >= 11 is 0. The number of fused-ring (bicyclic) bond motifs is 11. The van der Waals surface area contributed by atoms with E-state index in [0.717, 1.165) is 94.9 Å². The maximum Gasteiger partial charge on any atom is 0.176 e. The number of H-pyrrole nitrogens is 2. The van der Waals surface area contributed by atoms with Crippen LogP contribution in [-0.4, -0.2) is 19.9 Å². The standard InChI is InChI=1S/C59H49N8.4ClH/c1-59(2)45-10-8-7-9-43(45)44-12-11-40(34-46(44)59)41-33-42(36-67(6)35-41)58-53-19-17-51(62-53)56(38-23-29-65(4)30-24-38)49-15-13-47(60-49)55(37-21-27-64(3)28-22-37)48-14-16-50(61-48)57(52-18-20-54(58)63-52)39-25-31-66(5)32-26-39;;;;/h7-36H,1-6H3,(H,60,61,62,63);4*1H/q+3;;;;/p-3. The summed E-state index contributed by atoms with van der Waals surface area (Å²) in [6.45, 7) is 4.69. The number of pyridine rings is 4. The van der Waals surface area contributed by atoms with Gasteiger partial charge in [0.25, 0.3) is 0 Å². The quantitative estimate of drug-likeness (QED) is 0.209. The van der Waals surface area contributed by atoms with Crippen LogP contribution in [0, 0.1) is 0 Å². The van der Waals surface area contributed by atoms with Crippen molar-refractivity contribution in [2.45, 2.75) is 19.3 Å². The topological polar surface area (TPSA) is 72.9 Å². The smallest absolute Gasteiger partial charge is 0.176 e. The van der Waals surface area contributed by atoms with E-state index in [2.05, 4.69) is 232 Å². The zero-order valence-corrected chi connectivity index (χ0v) is 43.0. The molecule has 0 fully saturated rings. The molecule has 8 bridgehead atoms. The third kappa shape index (κ3) is 8.76. The van der Waals surface area contributed by atoms with Crippen LogP contribution in [0.5, 0.6) is 0 Å². The van der Waals surface area contributed by atoms with Gasteiger partial charge in [-0.15, -0.1) is 0 Å². The van der Waals surface area contributed by atoms with Crippen molar-refractivity contribution in [3.05, 3.63) is 193 Å². The minimum atomic E-state index is -0.110. The monoisotopic (exact) mass is 1010 g/mol. The molecule has 0 radical (unpaired) electrons. The molecule has 354 valence electrons. The molecule has 2 N–H and O–H groups in total. The van der Waals surface area contributed by atoms with Crippen LogP contribution < -0.4 is 67.9 Å². The Labute approximate surface area is 438 Å². The first kappa shape index (κ1) is 50.2. The van der Waals surface area contributed by atoms with Gasteiger partial charge in [-0.2, -0.15) is 0 Å². The van der Waals surface area contributed by atoms with Gasteiger partial charge in [0, 0.05) is 91.7 Å². The Hall–Kier alpha value is -7.20. The maximum absolute atomic E-state index is 5.59. The molecule has 1 aliphatic carbocycles. The van der Waals surface area contributed by atoms with Crippen LogP contribution in [0.1, 0.15) is 47.8 Å². The summed E-state index contributed by atoms with van der Waals surface area (Å²) in [5.74, 6) is 0.